The summed E-state index contributed by atoms with van der Waals surface area (Å²) < 4.78 is 0. The SMILES string of the molecule is CC(Nc1ccc(NC(=O)c2cc(Cl)ccc2Cl)cc1)c1ccccc1. The van der Waals surface area contributed by atoms with Crippen molar-refractivity contribution in [3.8, 4) is 0 Å². The van der Waals surface area contributed by atoms with Gasteiger partial charge in [-0.15, -0.1) is 0 Å². The van der Waals surface area contributed by atoms with Gasteiger partial charge in [-0.3, -0.25) is 4.79 Å². The number of amides is 1. The Kier molecular flexibility index (Phi) is 5.82. The minimum absolute atomic E-state index is 0.182. The van der Waals surface area contributed by atoms with Gasteiger partial charge in [0.15, 0.2) is 0 Å². The number of nitrogens with one attached hydrogen (secondary N) is 2. The van der Waals surface area contributed by atoms with Gasteiger partial charge in [0.2, 0.25) is 0 Å². The summed E-state index contributed by atoms with van der Waals surface area (Å²) in [6.45, 7) is 2.10. The molecule has 0 aliphatic rings. The van der Waals surface area contributed by atoms with E-state index in [9.17, 15) is 4.79 Å². The first-order chi connectivity index (χ1) is 12.5. The normalized spacial score (nSPS) is 11.7. The summed E-state index contributed by atoms with van der Waals surface area (Å²) >= 11 is 12.0. The lowest BCUT2D eigenvalue weighted by Gasteiger charge is -2.16. The molecule has 5 heteroatoms. The summed E-state index contributed by atoms with van der Waals surface area (Å²) in [6.07, 6.45) is 0. The fourth-order valence-electron chi connectivity index (χ4n) is 2.59. The van der Waals surface area contributed by atoms with Crippen LogP contribution in [0, 0.1) is 0 Å². The molecule has 3 rings (SSSR count). The molecular formula is C21H18Cl2N2O. The highest BCUT2D eigenvalue weighted by Crippen LogP contribution is 2.23. The molecule has 0 aromatic heterocycles. The lowest BCUT2D eigenvalue weighted by molar-refractivity contribution is 0.102. The van der Waals surface area contributed by atoms with Gasteiger partial charge in [-0.25, -0.2) is 0 Å². The molecule has 0 fully saturated rings. The summed E-state index contributed by atoms with van der Waals surface area (Å²) in [5, 5.41) is 7.09. The first-order valence-electron chi connectivity index (χ1n) is 8.21. The van der Waals surface area contributed by atoms with E-state index in [1.807, 2.05) is 42.5 Å². The van der Waals surface area contributed by atoms with Gasteiger partial charge in [0.25, 0.3) is 5.91 Å². The fraction of sp³-hybridized carbons (Fsp3) is 0.0952. The van der Waals surface area contributed by atoms with Crippen LogP contribution in [-0.2, 0) is 0 Å². The number of hydrogen-bond donors (Lipinski definition) is 2. The maximum absolute atomic E-state index is 12.4. The molecule has 0 heterocycles. The highest BCUT2D eigenvalue weighted by atomic mass is 35.5. The van der Waals surface area contributed by atoms with E-state index in [4.69, 9.17) is 23.2 Å². The number of rotatable bonds is 5. The quantitative estimate of drug-likeness (QED) is 0.532. The summed E-state index contributed by atoms with van der Waals surface area (Å²) in [5.41, 5.74) is 3.21. The Labute approximate surface area is 163 Å². The van der Waals surface area contributed by atoms with Gasteiger partial charge in [0, 0.05) is 22.4 Å². The Hall–Kier alpha value is -2.49. The molecule has 0 radical (unpaired) electrons. The molecule has 0 aliphatic heterocycles. The number of carbonyl (C=O) groups excluding carboxylic acids is 1. The Bertz CT molecular complexity index is 896. The highest BCUT2D eigenvalue weighted by molar-refractivity contribution is 6.36. The second-order valence-corrected chi connectivity index (χ2v) is 6.78. The molecule has 1 amide bonds. The summed E-state index contributed by atoms with van der Waals surface area (Å²) in [5.74, 6) is -0.295. The predicted octanol–water partition coefficient (Wildman–Crippen LogP) is 6.42. The Balaban J connectivity index is 1.66. The number of hydrogen-bond acceptors (Lipinski definition) is 2. The van der Waals surface area contributed by atoms with E-state index < -0.39 is 0 Å². The maximum atomic E-state index is 12.4. The van der Waals surface area contributed by atoms with Crippen molar-refractivity contribution >= 4 is 40.5 Å². The van der Waals surface area contributed by atoms with E-state index in [-0.39, 0.29) is 11.9 Å². The van der Waals surface area contributed by atoms with Gasteiger partial charge in [-0.2, -0.15) is 0 Å². The first kappa shape index (κ1) is 18.3. The van der Waals surface area contributed by atoms with E-state index in [0.717, 1.165) is 5.69 Å². The maximum Gasteiger partial charge on any atom is 0.257 e. The molecule has 26 heavy (non-hydrogen) atoms. The van der Waals surface area contributed by atoms with E-state index in [2.05, 4.69) is 29.7 Å². The predicted molar refractivity (Wildman–Crippen MR) is 109 cm³/mol. The molecule has 1 atom stereocenters. The topological polar surface area (TPSA) is 41.1 Å². The van der Waals surface area contributed by atoms with Crippen LogP contribution in [0.15, 0.2) is 72.8 Å². The molecule has 0 aliphatic carbocycles. The number of carbonyl (C=O) groups is 1. The molecule has 0 saturated heterocycles. The van der Waals surface area contributed by atoms with Crippen LogP contribution in [-0.4, -0.2) is 5.91 Å². The van der Waals surface area contributed by atoms with Crippen molar-refractivity contribution < 1.29 is 4.79 Å². The van der Waals surface area contributed by atoms with Gasteiger partial charge < -0.3 is 10.6 Å². The third-order valence-corrected chi connectivity index (χ3v) is 4.56. The van der Waals surface area contributed by atoms with Crippen molar-refractivity contribution in [1.29, 1.82) is 0 Å². The van der Waals surface area contributed by atoms with Crippen LogP contribution in [0.25, 0.3) is 0 Å². The number of anilines is 2. The number of halogens is 2. The second-order valence-electron chi connectivity index (χ2n) is 5.93. The minimum atomic E-state index is -0.295. The molecule has 3 nitrogen and oxygen atoms in total. The summed E-state index contributed by atoms with van der Waals surface area (Å²) in [4.78, 5) is 12.4. The highest BCUT2D eigenvalue weighted by Gasteiger charge is 2.11. The van der Waals surface area contributed by atoms with E-state index in [1.54, 1.807) is 18.2 Å². The molecule has 0 saturated carbocycles. The third-order valence-electron chi connectivity index (χ3n) is 4.00. The Morgan fingerprint density at radius 2 is 1.54 bits per heavy atom. The van der Waals surface area contributed by atoms with Crippen LogP contribution >= 0.6 is 23.2 Å². The van der Waals surface area contributed by atoms with Gasteiger partial charge in [0.1, 0.15) is 0 Å². The monoisotopic (exact) mass is 384 g/mol. The molecule has 3 aromatic rings. The molecule has 0 spiro atoms. The van der Waals surface area contributed by atoms with Gasteiger partial charge in [-0.05, 0) is 55.0 Å². The average molecular weight is 385 g/mol. The molecule has 132 valence electrons. The van der Waals surface area contributed by atoms with Crippen LogP contribution in [0.2, 0.25) is 10.0 Å². The third kappa shape index (κ3) is 4.57. The standard InChI is InChI=1S/C21H18Cl2N2O/c1-14(15-5-3-2-4-6-15)24-17-8-10-18(11-9-17)25-21(26)19-13-16(22)7-12-20(19)23/h2-14,24H,1H3,(H,25,26). The van der Waals surface area contributed by atoms with Crippen molar-refractivity contribution in [3.05, 3.63) is 94.0 Å². The van der Waals surface area contributed by atoms with Gasteiger partial charge in [-0.1, -0.05) is 53.5 Å². The van der Waals surface area contributed by atoms with Crippen LogP contribution in [0.4, 0.5) is 11.4 Å². The molecule has 3 aromatic carbocycles. The smallest absolute Gasteiger partial charge is 0.257 e. The van der Waals surface area contributed by atoms with Crippen molar-refractivity contribution in [2.24, 2.45) is 0 Å². The van der Waals surface area contributed by atoms with Crippen molar-refractivity contribution in [2.75, 3.05) is 10.6 Å². The molecular weight excluding hydrogens is 367 g/mol. The summed E-state index contributed by atoms with van der Waals surface area (Å²) in [7, 11) is 0. The fourth-order valence-corrected chi connectivity index (χ4v) is 2.97. The molecule has 2 N–H and O–H groups in total. The average Bonchev–Trinajstić information content (AvgIpc) is 2.66. The Morgan fingerprint density at radius 1 is 0.885 bits per heavy atom. The first-order valence-corrected chi connectivity index (χ1v) is 8.96. The van der Waals surface area contributed by atoms with Crippen LogP contribution in [0.3, 0.4) is 0 Å². The molecule has 0 bridgehead atoms. The lowest BCUT2D eigenvalue weighted by atomic mass is 10.1. The second kappa shape index (κ2) is 8.26. The largest absolute Gasteiger partial charge is 0.379 e. The van der Waals surface area contributed by atoms with Gasteiger partial charge >= 0.3 is 0 Å². The van der Waals surface area contributed by atoms with Crippen molar-refractivity contribution in [3.63, 3.8) is 0 Å². The lowest BCUT2D eigenvalue weighted by Crippen LogP contribution is -2.12. The zero-order valence-corrected chi connectivity index (χ0v) is 15.7. The zero-order chi connectivity index (χ0) is 18.5. The van der Waals surface area contributed by atoms with Crippen LogP contribution in [0.1, 0.15) is 28.9 Å². The molecule has 1 unspecified atom stereocenters. The summed E-state index contributed by atoms with van der Waals surface area (Å²) in [6, 6.07) is 22.7. The van der Waals surface area contributed by atoms with Crippen molar-refractivity contribution in [1.82, 2.24) is 0 Å². The minimum Gasteiger partial charge on any atom is -0.379 e. The van der Waals surface area contributed by atoms with E-state index in [0.29, 0.717) is 21.3 Å². The van der Waals surface area contributed by atoms with Crippen LogP contribution < -0.4 is 10.6 Å². The zero-order valence-electron chi connectivity index (χ0n) is 14.2. The number of benzene rings is 3. The van der Waals surface area contributed by atoms with Gasteiger partial charge in [0.05, 0.1) is 10.6 Å². The van der Waals surface area contributed by atoms with E-state index in [1.165, 1.54) is 5.56 Å². The van der Waals surface area contributed by atoms with E-state index >= 15 is 0 Å². The Morgan fingerprint density at radius 3 is 2.23 bits per heavy atom. The van der Waals surface area contributed by atoms with Crippen molar-refractivity contribution in [2.45, 2.75) is 13.0 Å². The van der Waals surface area contributed by atoms with Crippen LogP contribution in [0.5, 0.6) is 0 Å².